The number of para-hydroxylation sites is 2. The predicted molar refractivity (Wildman–Crippen MR) is 258 cm³/mol. The number of aromatic nitrogens is 4. The van der Waals surface area contributed by atoms with E-state index >= 15 is 0 Å². The molecule has 1 aliphatic rings. The first kappa shape index (κ1) is 40.8. The molecule has 1 aliphatic heterocycles. The maximum Gasteiger partial charge on any atom is 0.136 e. The van der Waals surface area contributed by atoms with Gasteiger partial charge < -0.3 is 18.9 Å². The third-order valence-electron chi connectivity index (χ3n) is 11.9. The van der Waals surface area contributed by atoms with Crippen molar-refractivity contribution in [3.63, 3.8) is 0 Å². The Morgan fingerprint density at radius 3 is 1.91 bits per heavy atom. The Morgan fingerprint density at radius 2 is 1.22 bits per heavy atom. The zero-order chi connectivity index (χ0) is 42.5. The normalized spacial score (nSPS) is 12.4. The van der Waals surface area contributed by atoms with Crippen molar-refractivity contribution in [2.75, 3.05) is 9.80 Å². The summed E-state index contributed by atoms with van der Waals surface area (Å²) in [5, 5.41) is 1.08. The molecule has 0 aliphatic carbocycles. The maximum absolute atomic E-state index is 5.04. The minimum atomic E-state index is -0.0669. The van der Waals surface area contributed by atoms with Gasteiger partial charge in [-0.15, -0.1) is 65.8 Å². The van der Waals surface area contributed by atoms with Crippen LogP contribution in [-0.2, 0) is 26.5 Å². The molecule has 0 saturated heterocycles. The predicted octanol–water partition coefficient (Wildman–Crippen LogP) is 13.7. The van der Waals surface area contributed by atoms with Gasteiger partial charge in [0.05, 0.1) is 11.2 Å². The number of nitrogens with zero attached hydrogens (tertiary/aromatic N) is 6. The Labute approximate surface area is 388 Å². The number of pyridine rings is 2. The van der Waals surface area contributed by atoms with Gasteiger partial charge in [0.25, 0.3) is 0 Å². The zero-order valence-electron chi connectivity index (χ0n) is 35.6. The van der Waals surface area contributed by atoms with E-state index in [1.54, 1.807) is 0 Å². The number of rotatable bonds is 8. The summed E-state index contributed by atoms with van der Waals surface area (Å²) >= 11 is 0. The summed E-state index contributed by atoms with van der Waals surface area (Å²) in [6.07, 6.45) is 5.94. The molecule has 5 heterocycles. The van der Waals surface area contributed by atoms with Gasteiger partial charge in [-0.2, -0.15) is 0 Å². The first-order valence-corrected chi connectivity index (χ1v) is 21.3. The summed E-state index contributed by atoms with van der Waals surface area (Å²) in [6, 6.07) is 71.8. The fraction of sp³-hybridized carbons (Fsp3) is 0.0702. The van der Waals surface area contributed by atoms with Crippen molar-refractivity contribution in [1.82, 2.24) is 19.1 Å². The number of benzene rings is 6. The van der Waals surface area contributed by atoms with E-state index in [4.69, 9.17) is 9.97 Å². The summed E-state index contributed by atoms with van der Waals surface area (Å²) in [7, 11) is 0. The number of hydrogen-bond donors (Lipinski definition) is 0. The molecule has 0 fully saturated rings. The Morgan fingerprint density at radius 1 is 0.562 bits per heavy atom. The van der Waals surface area contributed by atoms with E-state index in [1.807, 2.05) is 24.5 Å². The van der Waals surface area contributed by atoms with Gasteiger partial charge in [0.1, 0.15) is 11.6 Å². The zero-order valence-corrected chi connectivity index (χ0v) is 37.9. The molecule has 7 heteroatoms. The van der Waals surface area contributed by atoms with Gasteiger partial charge in [0.15, 0.2) is 0 Å². The average molecular weight is 1010 g/mol. The van der Waals surface area contributed by atoms with E-state index in [2.05, 4.69) is 235 Å². The molecule has 0 unspecified atom stereocenters. The molecule has 10 aromatic rings. The Balaban J connectivity index is 0.00000484. The van der Waals surface area contributed by atoms with Crippen molar-refractivity contribution in [2.24, 2.45) is 0 Å². The minimum absolute atomic E-state index is 0. The van der Waals surface area contributed by atoms with Gasteiger partial charge in [-0.25, -0.2) is 9.97 Å². The van der Waals surface area contributed by atoms with Crippen molar-refractivity contribution in [3.05, 3.63) is 247 Å². The van der Waals surface area contributed by atoms with Gasteiger partial charge in [-0.1, -0.05) is 129 Å². The van der Waals surface area contributed by atoms with Crippen molar-refractivity contribution in [2.45, 2.75) is 26.2 Å². The van der Waals surface area contributed by atoms with Crippen LogP contribution in [0.3, 0.4) is 0 Å². The van der Waals surface area contributed by atoms with Crippen LogP contribution in [0, 0.1) is 18.8 Å². The summed E-state index contributed by atoms with van der Waals surface area (Å²) < 4.78 is 4.56. The van der Waals surface area contributed by atoms with Gasteiger partial charge in [0.2, 0.25) is 0 Å². The monoisotopic (exact) mass is 1010 g/mol. The molecule has 4 aromatic heterocycles. The topological polar surface area (TPSA) is 42.1 Å². The molecule has 11 rings (SSSR count). The third-order valence-corrected chi connectivity index (χ3v) is 11.9. The van der Waals surface area contributed by atoms with Crippen LogP contribution in [0.25, 0.3) is 44.6 Å². The van der Waals surface area contributed by atoms with Crippen LogP contribution >= 0.6 is 0 Å². The third kappa shape index (κ3) is 7.24. The van der Waals surface area contributed by atoms with Crippen molar-refractivity contribution in [3.8, 4) is 11.5 Å². The van der Waals surface area contributed by atoms with Gasteiger partial charge in [0, 0.05) is 56.5 Å². The van der Waals surface area contributed by atoms with E-state index in [0.717, 1.165) is 89.7 Å². The van der Waals surface area contributed by atoms with Crippen LogP contribution in [0.5, 0.6) is 0 Å². The standard InChI is InChI=1S/C57H43N6.Pt/c1-57(2,3)44-31-34-58-52(38-44)63-49-32-35-60(45-23-12-6-13-24-45)55(49)48-30-29-43(37-51(48)63)54(53(40-18-8-4-9-19-40)41-20-10-5-11-21-41)42-22-16-27-47(36-42)62-39-61(46-25-14-7-15-26-46)50-28-17-33-59-56(50)62;/h4-35,38-39H,1-3H3;/q-3;. The van der Waals surface area contributed by atoms with Gasteiger partial charge in [-0.05, 0) is 87.8 Å². The quantitative estimate of drug-likeness (QED) is 0.112. The Bertz CT molecular complexity index is 3250. The average Bonchev–Trinajstić information content (AvgIpc) is 4.03. The molecule has 0 amide bonds. The smallest absolute Gasteiger partial charge is 0.136 e. The van der Waals surface area contributed by atoms with Gasteiger partial charge >= 0.3 is 0 Å². The van der Waals surface area contributed by atoms with Crippen molar-refractivity contribution in [1.29, 1.82) is 0 Å². The molecule has 0 atom stereocenters. The first-order chi connectivity index (χ1) is 30.9. The largest absolute Gasteiger partial charge is 0.473 e. The van der Waals surface area contributed by atoms with Crippen LogP contribution in [0.4, 0.5) is 22.9 Å². The van der Waals surface area contributed by atoms with Gasteiger partial charge in [-0.3, -0.25) is 0 Å². The summed E-state index contributed by atoms with van der Waals surface area (Å²) in [4.78, 5) is 14.3. The minimum Gasteiger partial charge on any atom is -0.473 e. The van der Waals surface area contributed by atoms with Crippen LogP contribution < -0.4 is 9.80 Å². The molecule has 0 bridgehead atoms. The molecule has 314 valence electrons. The first-order valence-electron chi connectivity index (χ1n) is 21.3. The molecule has 0 spiro atoms. The van der Waals surface area contributed by atoms with E-state index in [0.29, 0.717) is 0 Å². The molecule has 0 radical (unpaired) electrons. The van der Waals surface area contributed by atoms with E-state index in [9.17, 15) is 0 Å². The summed E-state index contributed by atoms with van der Waals surface area (Å²) in [6.45, 7) is 8.85. The molecular formula is C57H43N6Pt-3. The molecule has 0 N–H and O–H groups in total. The molecule has 6 aromatic carbocycles. The second-order valence-corrected chi connectivity index (χ2v) is 16.8. The van der Waals surface area contributed by atoms with Crippen molar-refractivity contribution >= 4 is 56.0 Å². The Hall–Kier alpha value is -7.27. The van der Waals surface area contributed by atoms with Crippen LogP contribution in [0.2, 0.25) is 0 Å². The van der Waals surface area contributed by atoms with E-state index < -0.39 is 0 Å². The fourth-order valence-electron chi connectivity index (χ4n) is 8.82. The maximum atomic E-state index is 5.04. The van der Waals surface area contributed by atoms with E-state index in [-0.39, 0.29) is 26.5 Å². The number of fused-ring (bicyclic) bond motifs is 4. The number of anilines is 4. The molecule has 6 nitrogen and oxygen atoms in total. The summed E-state index contributed by atoms with van der Waals surface area (Å²) in [5.74, 6) is 1.69. The summed E-state index contributed by atoms with van der Waals surface area (Å²) in [5.41, 5.74) is 14.4. The van der Waals surface area contributed by atoms with Crippen LogP contribution in [-0.4, -0.2) is 19.1 Å². The van der Waals surface area contributed by atoms with Crippen LogP contribution in [0.15, 0.2) is 201 Å². The van der Waals surface area contributed by atoms with E-state index in [1.165, 1.54) is 5.56 Å². The molecule has 64 heavy (non-hydrogen) atoms. The molecule has 0 saturated carbocycles. The Kier molecular flexibility index (Phi) is 10.7. The van der Waals surface area contributed by atoms with Crippen molar-refractivity contribution < 1.29 is 21.1 Å². The second-order valence-electron chi connectivity index (χ2n) is 16.8. The van der Waals surface area contributed by atoms with Crippen LogP contribution in [0.1, 0.15) is 48.6 Å². The fourth-order valence-corrected chi connectivity index (χ4v) is 8.82. The number of hydrogen-bond acceptors (Lipinski definition) is 4. The SMILES string of the molecule is CC(C)(C)c1ccnc(-n2c3[c-]c(C(=C(c4ccccc4)c4ccccc4)c4[c-]c(N5[CH-]N(c6ccccc6)c6cccnc65)ccc4)ccc3c3c2ccn3-c2ccccc2)c1.[Pt]. The second kappa shape index (κ2) is 16.8. The molecular weight excluding hydrogens is 964 g/mol.